The summed E-state index contributed by atoms with van der Waals surface area (Å²) in [6.45, 7) is 1.46. The number of carbonyl (C=O) groups excluding carboxylic acids is 1. The van der Waals surface area contributed by atoms with Crippen molar-refractivity contribution in [1.29, 1.82) is 0 Å². The van der Waals surface area contributed by atoms with Gasteiger partial charge in [0.1, 0.15) is 6.04 Å². The van der Waals surface area contributed by atoms with Gasteiger partial charge in [-0.3, -0.25) is 0 Å². The van der Waals surface area contributed by atoms with E-state index >= 15 is 0 Å². The van der Waals surface area contributed by atoms with Crippen LogP contribution in [-0.2, 0) is 4.79 Å². The van der Waals surface area contributed by atoms with Gasteiger partial charge in [-0.15, -0.1) is 0 Å². The minimum absolute atomic E-state index is 0.0112. The highest BCUT2D eigenvalue weighted by atomic mass is 16.4. The van der Waals surface area contributed by atoms with Crippen LogP contribution in [0.3, 0.4) is 0 Å². The number of urea groups is 1. The summed E-state index contributed by atoms with van der Waals surface area (Å²) < 4.78 is 0. The minimum atomic E-state index is -1.16. The number of hydrogen-bond donors (Lipinski definition) is 4. The molecule has 13 heavy (non-hydrogen) atoms. The summed E-state index contributed by atoms with van der Waals surface area (Å²) in [4.78, 5) is 21.3. The zero-order chi connectivity index (χ0) is 10.4. The van der Waals surface area contributed by atoms with Gasteiger partial charge < -0.3 is 20.8 Å². The first-order valence-electron chi connectivity index (χ1n) is 3.86. The molecular weight excluding hydrogens is 176 g/mol. The molecule has 6 heteroatoms. The molecule has 4 N–H and O–H groups in total. The van der Waals surface area contributed by atoms with E-state index in [1.807, 2.05) is 0 Å². The Morgan fingerprint density at radius 2 is 2.00 bits per heavy atom. The molecule has 0 spiro atoms. The zero-order valence-electron chi connectivity index (χ0n) is 7.57. The van der Waals surface area contributed by atoms with Gasteiger partial charge in [0, 0.05) is 13.5 Å². The van der Waals surface area contributed by atoms with Crippen LogP contribution in [0.25, 0.3) is 0 Å². The molecule has 0 saturated heterocycles. The zero-order valence-corrected chi connectivity index (χ0v) is 7.57. The maximum Gasteiger partial charge on any atom is 0.326 e. The molecule has 2 atom stereocenters. The number of carbonyl (C=O) groups is 2. The van der Waals surface area contributed by atoms with Crippen LogP contribution in [0.15, 0.2) is 0 Å². The molecule has 0 aromatic carbocycles. The average Bonchev–Trinajstić information content (AvgIpc) is 2.02. The Balaban J connectivity index is 4.10. The average molecular weight is 190 g/mol. The molecule has 2 amide bonds. The molecule has 0 saturated carbocycles. The maximum absolute atomic E-state index is 10.7. The van der Waals surface area contributed by atoms with Crippen LogP contribution in [-0.4, -0.2) is 41.4 Å². The monoisotopic (exact) mass is 190 g/mol. The summed E-state index contributed by atoms with van der Waals surface area (Å²) in [5.74, 6) is -1.16. The second-order valence-electron chi connectivity index (χ2n) is 2.70. The lowest BCUT2D eigenvalue weighted by atomic mass is 10.1. The van der Waals surface area contributed by atoms with Crippen LogP contribution in [0.4, 0.5) is 4.79 Å². The highest BCUT2D eigenvalue weighted by molar-refractivity contribution is 5.82. The van der Waals surface area contributed by atoms with Crippen LogP contribution in [0.1, 0.15) is 13.3 Å². The fourth-order valence-corrected chi connectivity index (χ4v) is 0.793. The number of carboxylic acid groups (broad SMARTS) is 1. The van der Waals surface area contributed by atoms with Crippen molar-refractivity contribution < 1.29 is 19.8 Å². The molecular formula is C7H14N2O4. The lowest BCUT2D eigenvalue weighted by molar-refractivity contribution is -0.140. The van der Waals surface area contributed by atoms with Gasteiger partial charge in [0.2, 0.25) is 0 Å². The SMILES string of the molecule is CNC(=O)NC(CC(C)O)C(=O)O. The van der Waals surface area contributed by atoms with Crippen molar-refractivity contribution in [2.24, 2.45) is 0 Å². The van der Waals surface area contributed by atoms with Crippen LogP contribution >= 0.6 is 0 Å². The Labute approximate surface area is 75.9 Å². The Morgan fingerprint density at radius 3 is 2.31 bits per heavy atom. The quantitative estimate of drug-likeness (QED) is 0.463. The summed E-state index contributed by atoms with van der Waals surface area (Å²) in [5.41, 5.74) is 0. The highest BCUT2D eigenvalue weighted by Gasteiger charge is 2.20. The molecule has 6 nitrogen and oxygen atoms in total. The topological polar surface area (TPSA) is 98.7 Å². The van der Waals surface area contributed by atoms with Gasteiger partial charge >= 0.3 is 12.0 Å². The predicted octanol–water partition coefficient (Wildman–Crippen LogP) is -0.860. The molecule has 0 aliphatic heterocycles. The summed E-state index contributed by atoms with van der Waals surface area (Å²) in [7, 11) is 1.39. The van der Waals surface area contributed by atoms with E-state index in [4.69, 9.17) is 10.2 Å². The van der Waals surface area contributed by atoms with E-state index in [1.165, 1.54) is 14.0 Å². The Hall–Kier alpha value is -1.30. The van der Waals surface area contributed by atoms with E-state index in [1.54, 1.807) is 0 Å². The largest absolute Gasteiger partial charge is 0.480 e. The molecule has 0 aliphatic carbocycles. The number of aliphatic carboxylic acids is 1. The summed E-state index contributed by atoms with van der Waals surface area (Å²) in [6, 6.07) is -1.63. The third-order valence-corrected chi connectivity index (χ3v) is 1.41. The van der Waals surface area contributed by atoms with Gasteiger partial charge in [-0.25, -0.2) is 9.59 Å². The van der Waals surface area contributed by atoms with Gasteiger partial charge in [0.25, 0.3) is 0 Å². The molecule has 2 unspecified atom stereocenters. The fourth-order valence-electron chi connectivity index (χ4n) is 0.793. The van der Waals surface area contributed by atoms with E-state index in [2.05, 4.69) is 10.6 Å². The van der Waals surface area contributed by atoms with Crippen molar-refractivity contribution in [1.82, 2.24) is 10.6 Å². The second-order valence-corrected chi connectivity index (χ2v) is 2.70. The van der Waals surface area contributed by atoms with Crippen molar-refractivity contribution >= 4 is 12.0 Å². The number of aliphatic hydroxyl groups excluding tert-OH is 1. The van der Waals surface area contributed by atoms with E-state index in [-0.39, 0.29) is 6.42 Å². The fraction of sp³-hybridized carbons (Fsp3) is 0.714. The smallest absolute Gasteiger partial charge is 0.326 e. The minimum Gasteiger partial charge on any atom is -0.480 e. The third kappa shape index (κ3) is 5.02. The standard InChI is InChI=1S/C7H14N2O4/c1-4(10)3-5(6(11)12)9-7(13)8-2/h4-5,10H,3H2,1-2H3,(H,11,12)(H2,8,9,13). The first-order chi connectivity index (χ1) is 5.97. The molecule has 0 radical (unpaired) electrons. The highest BCUT2D eigenvalue weighted by Crippen LogP contribution is 1.97. The van der Waals surface area contributed by atoms with Gasteiger partial charge in [-0.2, -0.15) is 0 Å². The van der Waals surface area contributed by atoms with Crippen LogP contribution in [0.5, 0.6) is 0 Å². The number of aliphatic hydroxyl groups is 1. The van der Waals surface area contributed by atoms with E-state index in [9.17, 15) is 9.59 Å². The van der Waals surface area contributed by atoms with Crippen molar-refractivity contribution in [2.75, 3.05) is 7.05 Å². The van der Waals surface area contributed by atoms with E-state index in [0.29, 0.717) is 0 Å². The lowest BCUT2D eigenvalue weighted by Crippen LogP contribution is -2.46. The number of carboxylic acids is 1. The molecule has 0 aromatic heterocycles. The Kier molecular flexibility index (Phi) is 4.83. The Bertz CT molecular complexity index is 193. The van der Waals surface area contributed by atoms with Gasteiger partial charge in [-0.1, -0.05) is 0 Å². The molecule has 0 heterocycles. The van der Waals surface area contributed by atoms with Crippen molar-refractivity contribution in [3.63, 3.8) is 0 Å². The lowest BCUT2D eigenvalue weighted by Gasteiger charge is -2.15. The van der Waals surface area contributed by atoms with Crippen LogP contribution < -0.4 is 10.6 Å². The van der Waals surface area contributed by atoms with Crippen molar-refractivity contribution in [2.45, 2.75) is 25.5 Å². The molecule has 0 aliphatic rings. The van der Waals surface area contributed by atoms with Gasteiger partial charge in [0.15, 0.2) is 0 Å². The first kappa shape index (κ1) is 11.7. The predicted molar refractivity (Wildman–Crippen MR) is 45.3 cm³/mol. The Morgan fingerprint density at radius 1 is 1.46 bits per heavy atom. The van der Waals surface area contributed by atoms with Crippen LogP contribution in [0, 0.1) is 0 Å². The molecule has 0 fully saturated rings. The van der Waals surface area contributed by atoms with E-state index < -0.39 is 24.1 Å². The molecule has 0 aromatic rings. The summed E-state index contributed by atoms with van der Waals surface area (Å²) in [5, 5.41) is 22.0. The van der Waals surface area contributed by atoms with Crippen molar-refractivity contribution in [3.8, 4) is 0 Å². The number of amides is 2. The second kappa shape index (κ2) is 5.36. The summed E-state index contributed by atoms with van der Waals surface area (Å²) in [6.07, 6.45) is -0.777. The molecule has 76 valence electrons. The molecule has 0 bridgehead atoms. The van der Waals surface area contributed by atoms with E-state index in [0.717, 1.165) is 0 Å². The normalized spacial score (nSPS) is 14.4. The van der Waals surface area contributed by atoms with Gasteiger partial charge in [0.05, 0.1) is 6.10 Å². The van der Waals surface area contributed by atoms with Gasteiger partial charge in [-0.05, 0) is 6.92 Å². The molecule has 0 rings (SSSR count). The van der Waals surface area contributed by atoms with Crippen molar-refractivity contribution in [3.05, 3.63) is 0 Å². The number of hydrogen-bond acceptors (Lipinski definition) is 3. The van der Waals surface area contributed by atoms with Crippen LogP contribution in [0.2, 0.25) is 0 Å². The number of nitrogens with one attached hydrogen (secondary N) is 2. The third-order valence-electron chi connectivity index (χ3n) is 1.41. The summed E-state index contributed by atoms with van der Waals surface area (Å²) >= 11 is 0. The first-order valence-corrected chi connectivity index (χ1v) is 3.86. The maximum atomic E-state index is 10.7. The number of rotatable bonds is 4.